The zero-order valence-electron chi connectivity index (χ0n) is 15.3. The van der Waals surface area contributed by atoms with E-state index in [1.807, 2.05) is 24.3 Å². The lowest BCUT2D eigenvalue weighted by Crippen LogP contribution is -2.18. The van der Waals surface area contributed by atoms with Gasteiger partial charge in [-0.15, -0.1) is 0 Å². The third-order valence-corrected chi connectivity index (χ3v) is 5.18. The van der Waals surface area contributed by atoms with Crippen LogP contribution in [0.4, 0.5) is 0 Å². The van der Waals surface area contributed by atoms with Crippen molar-refractivity contribution in [3.05, 3.63) is 52.6 Å². The molecule has 1 aliphatic rings. The van der Waals surface area contributed by atoms with E-state index in [0.717, 1.165) is 28.5 Å². The maximum absolute atomic E-state index is 12.4. The zero-order chi connectivity index (χ0) is 19.7. The summed E-state index contributed by atoms with van der Waals surface area (Å²) < 4.78 is 37.2. The van der Waals surface area contributed by atoms with Crippen molar-refractivity contribution in [3.8, 4) is 16.9 Å². The largest absolute Gasteiger partial charge is 0.760 e. The predicted molar refractivity (Wildman–Crippen MR) is 105 cm³/mol. The Morgan fingerprint density at radius 1 is 1.39 bits per heavy atom. The van der Waals surface area contributed by atoms with Crippen molar-refractivity contribution in [2.75, 3.05) is 13.2 Å². The van der Waals surface area contributed by atoms with E-state index in [4.69, 9.17) is 9.47 Å². The molecule has 9 heteroatoms. The number of fused-ring (bicyclic) bond motifs is 1. The second-order valence-corrected chi connectivity index (χ2v) is 7.47. The number of benzene rings is 1. The molecule has 1 fully saturated rings. The molecule has 2 aromatic heterocycles. The molecule has 2 unspecified atom stereocenters. The van der Waals surface area contributed by atoms with Crippen molar-refractivity contribution in [1.29, 1.82) is 0 Å². The van der Waals surface area contributed by atoms with E-state index in [1.54, 1.807) is 19.4 Å². The maximum Gasteiger partial charge on any atom is 0.274 e. The van der Waals surface area contributed by atoms with Crippen LogP contribution in [-0.2, 0) is 29.6 Å². The van der Waals surface area contributed by atoms with E-state index in [9.17, 15) is 13.6 Å². The number of pyridine rings is 1. The Balaban J connectivity index is 1.83. The van der Waals surface area contributed by atoms with Gasteiger partial charge in [0, 0.05) is 60.2 Å². The first-order valence-electron chi connectivity index (χ1n) is 8.90. The normalized spacial score (nSPS) is 17.9. The number of ether oxygens (including phenoxy) is 2. The van der Waals surface area contributed by atoms with Crippen LogP contribution in [0, 0.1) is 0 Å². The number of hydrogen-bond acceptors (Lipinski definition) is 5. The number of rotatable bonds is 6. The Kier molecular flexibility index (Phi) is 5.31. The lowest BCUT2D eigenvalue weighted by molar-refractivity contribution is 0.141. The SMILES string of the molecule is Cn1cc(-c2cc(CNS(=O)[O-])ccc2OC2CCOC2)c2cc[nH]c2c1=O. The van der Waals surface area contributed by atoms with Crippen molar-refractivity contribution in [1.82, 2.24) is 14.3 Å². The number of aromatic nitrogens is 2. The Bertz CT molecular complexity index is 1080. The minimum absolute atomic E-state index is 0.0360. The summed E-state index contributed by atoms with van der Waals surface area (Å²) in [5.41, 5.74) is 2.81. The highest BCUT2D eigenvalue weighted by molar-refractivity contribution is 7.77. The van der Waals surface area contributed by atoms with Gasteiger partial charge in [0.1, 0.15) is 17.4 Å². The minimum atomic E-state index is -2.35. The molecular formula is C19H20N3O5S-. The number of H-pyrrole nitrogens is 1. The fraction of sp³-hybridized carbons (Fsp3) is 0.316. The van der Waals surface area contributed by atoms with E-state index in [0.29, 0.717) is 24.5 Å². The summed E-state index contributed by atoms with van der Waals surface area (Å²) in [6, 6.07) is 7.40. The highest BCUT2D eigenvalue weighted by atomic mass is 32.2. The Hall–Kier alpha value is -2.46. The first-order chi connectivity index (χ1) is 13.5. The van der Waals surface area contributed by atoms with Gasteiger partial charge in [-0.05, 0) is 23.8 Å². The van der Waals surface area contributed by atoms with Crippen LogP contribution in [0.1, 0.15) is 12.0 Å². The lowest BCUT2D eigenvalue weighted by Gasteiger charge is -2.18. The molecule has 0 saturated carbocycles. The van der Waals surface area contributed by atoms with Gasteiger partial charge >= 0.3 is 0 Å². The fourth-order valence-corrected chi connectivity index (χ4v) is 3.70. The molecule has 148 valence electrons. The molecule has 0 amide bonds. The highest BCUT2D eigenvalue weighted by Crippen LogP contribution is 2.36. The molecule has 2 atom stereocenters. The smallest absolute Gasteiger partial charge is 0.274 e. The first kappa shape index (κ1) is 18.9. The molecule has 4 rings (SSSR count). The van der Waals surface area contributed by atoms with Crippen molar-refractivity contribution in [2.45, 2.75) is 19.1 Å². The number of hydrogen-bond donors (Lipinski definition) is 2. The third-order valence-electron chi connectivity index (χ3n) is 4.80. The second kappa shape index (κ2) is 7.88. The Labute approximate surface area is 163 Å². The number of nitrogens with one attached hydrogen (secondary N) is 2. The van der Waals surface area contributed by atoms with Gasteiger partial charge in [0.05, 0.1) is 13.2 Å². The average Bonchev–Trinajstić information content (AvgIpc) is 3.36. The minimum Gasteiger partial charge on any atom is -0.760 e. The van der Waals surface area contributed by atoms with E-state index in [2.05, 4.69) is 9.71 Å². The third kappa shape index (κ3) is 3.74. The molecule has 0 radical (unpaired) electrons. The van der Waals surface area contributed by atoms with Gasteiger partial charge in [-0.3, -0.25) is 9.00 Å². The zero-order valence-corrected chi connectivity index (χ0v) is 16.1. The molecule has 3 aromatic rings. The van der Waals surface area contributed by atoms with Crippen LogP contribution in [0.25, 0.3) is 22.0 Å². The van der Waals surface area contributed by atoms with Gasteiger partial charge in [0.25, 0.3) is 5.56 Å². The molecule has 0 aliphatic carbocycles. The van der Waals surface area contributed by atoms with Crippen molar-refractivity contribution < 1.29 is 18.2 Å². The molecule has 1 saturated heterocycles. The summed E-state index contributed by atoms with van der Waals surface area (Å²) in [6.07, 6.45) is 4.28. The monoisotopic (exact) mass is 402 g/mol. The van der Waals surface area contributed by atoms with Crippen molar-refractivity contribution >= 4 is 22.2 Å². The number of nitrogens with zero attached hydrogens (tertiary/aromatic N) is 1. The topological polar surface area (TPSA) is 108 Å². The molecule has 0 bridgehead atoms. The summed E-state index contributed by atoms with van der Waals surface area (Å²) in [4.78, 5) is 15.4. The molecule has 28 heavy (non-hydrogen) atoms. The quantitative estimate of drug-likeness (QED) is 0.609. The maximum atomic E-state index is 12.4. The summed E-state index contributed by atoms with van der Waals surface area (Å²) in [5, 5.41) is 0.785. The van der Waals surface area contributed by atoms with Crippen molar-refractivity contribution in [2.24, 2.45) is 7.05 Å². The van der Waals surface area contributed by atoms with Crippen LogP contribution < -0.4 is 15.0 Å². The van der Waals surface area contributed by atoms with Gasteiger partial charge in [-0.25, -0.2) is 4.72 Å². The summed E-state index contributed by atoms with van der Waals surface area (Å²) >= 11 is -2.35. The van der Waals surface area contributed by atoms with Crippen LogP contribution in [0.3, 0.4) is 0 Å². The predicted octanol–water partition coefficient (Wildman–Crippen LogP) is 1.59. The summed E-state index contributed by atoms with van der Waals surface area (Å²) in [5.74, 6) is 0.670. The molecule has 2 N–H and O–H groups in total. The highest BCUT2D eigenvalue weighted by Gasteiger charge is 2.21. The standard InChI is InChI=1S/C19H21N3O5S/c1-22-10-16(14-4-6-20-18(14)19(22)23)15-8-12(9-21-28(24)25)2-3-17(15)27-13-5-7-26-11-13/h2-4,6,8,10,13,20-21H,5,7,9,11H2,1H3,(H,24,25)/p-1. The van der Waals surface area contributed by atoms with E-state index < -0.39 is 11.3 Å². The average molecular weight is 402 g/mol. The van der Waals surface area contributed by atoms with E-state index >= 15 is 0 Å². The van der Waals surface area contributed by atoms with Crippen molar-refractivity contribution in [3.63, 3.8) is 0 Å². The van der Waals surface area contributed by atoms with Crippen LogP contribution in [-0.4, -0.2) is 37.6 Å². The number of aromatic amines is 1. The lowest BCUT2D eigenvalue weighted by atomic mass is 10.00. The van der Waals surface area contributed by atoms with E-state index in [-0.39, 0.29) is 18.2 Å². The molecule has 3 heterocycles. The summed E-state index contributed by atoms with van der Waals surface area (Å²) in [6.45, 7) is 1.36. The van der Waals surface area contributed by atoms with Crippen LogP contribution in [0.15, 0.2) is 41.5 Å². The fourth-order valence-electron chi connectivity index (χ4n) is 3.41. The molecule has 1 aliphatic heterocycles. The van der Waals surface area contributed by atoms with Gasteiger partial charge < -0.3 is 23.6 Å². The van der Waals surface area contributed by atoms with Gasteiger partial charge in [-0.1, -0.05) is 6.07 Å². The molecular weight excluding hydrogens is 382 g/mol. The van der Waals surface area contributed by atoms with Gasteiger partial charge in [-0.2, -0.15) is 0 Å². The van der Waals surface area contributed by atoms with Crippen LogP contribution >= 0.6 is 0 Å². The van der Waals surface area contributed by atoms with Gasteiger partial charge in [0.2, 0.25) is 0 Å². The van der Waals surface area contributed by atoms with Crippen LogP contribution in [0.5, 0.6) is 5.75 Å². The molecule has 0 spiro atoms. The second-order valence-electron chi connectivity index (χ2n) is 6.71. The van der Waals surface area contributed by atoms with Crippen LogP contribution in [0.2, 0.25) is 0 Å². The molecule has 8 nitrogen and oxygen atoms in total. The van der Waals surface area contributed by atoms with Gasteiger partial charge in [0.15, 0.2) is 0 Å². The first-order valence-corrected chi connectivity index (χ1v) is 9.97. The van der Waals surface area contributed by atoms with E-state index in [1.165, 1.54) is 4.57 Å². The Morgan fingerprint density at radius 3 is 3.00 bits per heavy atom. The summed E-state index contributed by atoms with van der Waals surface area (Å²) in [7, 11) is 1.70. The Morgan fingerprint density at radius 2 is 2.25 bits per heavy atom. The number of aryl methyl sites for hydroxylation is 1. The molecule has 1 aromatic carbocycles.